The minimum Gasteiger partial charge on any atom is -0.273 e. The number of hydrazone groups is 1. The van der Waals surface area contributed by atoms with Gasteiger partial charge in [0.2, 0.25) is 5.91 Å². The van der Waals surface area contributed by atoms with Crippen LogP contribution < -0.4 is 5.43 Å². The largest absolute Gasteiger partial charge is 0.273 e. The summed E-state index contributed by atoms with van der Waals surface area (Å²) in [5.74, 6) is 0.772. The summed E-state index contributed by atoms with van der Waals surface area (Å²) < 4.78 is 0. The number of thioether (sulfide) groups is 1. The van der Waals surface area contributed by atoms with Crippen molar-refractivity contribution in [3.63, 3.8) is 0 Å². The van der Waals surface area contributed by atoms with E-state index in [1.165, 1.54) is 0 Å². The molecule has 1 amide bonds. The molecule has 3 nitrogen and oxygen atoms in total. The summed E-state index contributed by atoms with van der Waals surface area (Å²) in [5.41, 5.74) is 3.20. The minimum absolute atomic E-state index is 0.00305. The second-order valence-electron chi connectivity index (χ2n) is 5.71. The zero-order valence-electron chi connectivity index (χ0n) is 11.5. The van der Waals surface area contributed by atoms with Crippen molar-refractivity contribution in [2.45, 2.75) is 41.5 Å². The molecule has 1 N–H and O–H groups in total. The molecule has 0 aromatic rings. The van der Waals surface area contributed by atoms with Gasteiger partial charge in [-0.25, -0.2) is 5.43 Å². The molecule has 0 radical (unpaired) electrons. The number of carbonyl (C=O) groups is 1. The van der Waals surface area contributed by atoms with E-state index in [0.717, 1.165) is 11.5 Å². The van der Waals surface area contributed by atoms with Crippen molar-refractivity contribution < 1.29 is 4.79 Å². The molecule has 0 unspecified atom stereocenters. The SMILES string of the molecule is CSCC(C)(C)C(=O)N/N=C(\C)C(C)(C)C. The molecule has 0 aliphatic rings. The highest BCUT2D eigenvalue weighted by atomic mass is 32.2. The van der Waals surface area contributed by atoms with Gasteiger partial charge in [0.25, 0.3) is 0 Å². The molecular formula is C12H24N2OS. The molecule has 0 aromatic carbocycles. The first-order valence-electron chi connectivity index (χ1n) is 5.45. The number of carbonyl (C=O) groups excluding carboxylic acids is 1. The molecule has 0 bridgehead atoms. The van der Waals surface area contributed by atoms with Crippen LogP contribution in [0.5, 0.6) is 0 Å². The van der Waals surface area contributed by atoms with E-state index in [4.69, 9.17) is 0 Å². The van der Waals surface area contributed by atoms with Crippen LogP contribution in [0.4, 0.5) is 0 Å². The van der Waals surface area contributed by atoms with Crippen LogP contribution in [0.15, 0.2) is 5.10 Å². The van der Waals surface area contributed by atoms with Gasteiger partial charge < -0.3 is 0 Å². The monoisotopic (exact) mass is 244 g/mol. The number of nitrogens with one attached hydrogen (secondary N) is 1. The fourth-order valence-corrected chi connectivity index (χ4v) is 1.73. The van der Waals surface area contributed by atoms with Gasteiger partial charge in [-0.05, 0) is 13.2 Å². The standard InChI is InChI=1S/C12H24N2OS/c1-9(11(2,3)4)13-14-10(15)12(5,6)8-16-7/h8H2,1-7H3,(H,14,15)/b13-9+. The van der Waals surface area contributed by atoms with E-state index in [9.17, 15) is 4.79 Å². The normalized spacial score (nSPS) is 13.8. The molecular weight excluding hydrogens is 220 g/mol. The topological polar surface area (TPSA) is 41.5 Å². The Kier molecular flexibility index (Phi) is 5.53. The molecule has 0 aromatic heterocycles. The van der Waals surface area contributed by atoms with Crippen LogP contribution in [0.25, 0.3) is 0 Å². The first-order valence-corrected chi connectivity index (χ1v) is 6.85. The quantitative estimate of drug-likeness (QED) is 0.610. The lowest BCUT2D eigenvalue weighted by molar-refractivity contribution is -0.128. The predicted octanol–water partition coefficient (Wildman–Crippen LogP) is 2.91. The van der Waals surface area contributed by atoms with Crippen LogP contribution in [-0.4, -0.2) is 23.6 Å². The second-order valence-corrected chi connectivity index (χ2v) is 6.57. The third kappa shape index (κ3) is 5.01. The van der Waals surface area contributed by atoms with Crippen LogP contribution in [-0.2, 0) is 4.79 Å². The van der Waals surface area contributed by atoms with Crippen molar-refractivity contribution in [3.05, 3.63) is 0 Å². The lowest BCUT2D eigenvalue weighted by atomic mass is 9.91. The molecule has 0 heterocycles. The number of nitrogens with zero attached hydrogens (tertiary/aromatic N) is 1. The first-order chi connectivity index (χ1) is 7.11. The maximum Gasteiger partial charge on any atom is 0.246 e. The molecule has 0 saturated heterocycles. The van der Waals surface area contributed by atoms with E-state index in [-0.39, 0.29) is 16.7 Å². The zero-order valence-corrected chi connectivity index (χ0v) is 12.3. The molecule has 0 atom stereocenters. The van der Waals surface area contributed by atoms with E-state index in [1.54, 1.807) is 11.8 Å². The smallest absolute Gasteiger partial charge is 0.246 e. The number of hydrogen-bond acceptors (Lipinski definition) is 3. The van der Waals surface area contributed by atoms with Crippen molar-refractivity contribution in [1.82, 2.24) is 5.43 Å². The van der Waals surface area contributed by atoms with Crippen LogP contribution >= 0.6 is 11.8 Å². The lowest BCUT2D eigenvalue weighted by Crippen LogP contribution is -2.37. The van der Waals surface area contributed by atoms with Crippen LogP contribution in [0.2, 0.25) is 0 Å². The molecule has 0 fully saturated rings. The van der Waals surface area contributed by atoms with E-state index >= 15 is 0 Å². The molecule has 0 aliphatic heterocycles. The van der Waals surface area contributed by atoms with Gasteiger partial charge >= 0.3 is 0 Å². The Morgan fingerprint density at radius 3 is 2.12 bits per heavy atom. The fraction of sp³-hybridized carbons (Fsp3) is 0.833. The van der Waals surface area contributed by atoms with Gasteiger partial charge in [0, 0.05) is 16.9 Å². The van der Waals surface area contributed by atoms with Crippen LogP contribution in [0.1, 0.15) is 41.5 Å². The molecule has 16 heavy (non-hydrogen) atoms. The van der Waals surface area contributed by atoms with E-state index in [0.29, 0.717) is 0 Å². The Hall–Kier alpha value is -0.510. The van der Waals surface area contributed by atoms with Gasteiger partial charge in [-0.3, -0.25) is 4.79 Å². The summed E-state index contributed by atoms with van der Waals surface area (Å²) >= 11 is 1.67. The van der Waals surface area contributed by atoms with Crippen LogP contribution in [0, 0.1) is 10.8 Å². The van der Waals surface area contributed by atoms with Crippen LogP contribution in [0.3, 0.4) is 0 Å². The average Bonchev–Trinajstić information content (AvgIpc) is 2.11. The van der Waals surface area contributed by atoms with Crippen molar-refractivity contribution in [1.29, 1.82) is 0 Å². The predicted molar refractivity (Wildman–Crippen MR) is 72.9 cm³/mol. The summed E-state index contributed by atoms with van der Waals surface area (Å²) in [7, 11) is 0. The Labute approximate surface area is 103 Å². The highest BCUT2D eigenvalue weighted by Crippen LogP contribution is 2.20. The summed E-state index contributed by atoms with van der Waals surface area (Å²) in [5, 5.41) is 4.15. The molecule has 0 aliphatic carbocycles. The van der Waals surface area contributed by atoms with Gasteiger partial charge in [0.15, 0.2) is 0 Å². The van der Waals surface area contributed by atoms with Gasteiger partial charge in [-0.1, -0.05) is 34.6 Å². The second kappa shape index (κ2) is 5.71. The summed E-state index contributed by atoms with van der Waals surface area (Å²) in [6.07, 6.45) is 2.00. The summed E-state index contributed by atoms with van der Waals surface area (Å²) in [4.78, 5) is 11.9. The minimum atomic E-state index is -0.374. The lowest BCUT2D eigenvalue weighted by Gasteiger charge is -2.22. The molecule has 0 rings (SSSR count). The van der Waals surface area contributed by atoms with Gasteiger partial charge in [-0.2, -0.15) is 16.9 Å². The molecule has 0 saturated carbocycles. The fourth-order valence-electron chi connectivity index (χ4n) is 0.880. The average molecular weight is 244 g/mol. The summed E-state index contributed by atoms with van der Waals surface area (Å²) in [6, 6.07) is 0. The zero-order chi connectivity index (χ0) is 13.0. The number of amides is 1. The molecule has 4 heteroatoms. The Bertz CT molecular complexity index is 277. The van der Waals surface area contributed by atoms with Gasteiger partial charge in [-0.15, -0.1) is 0 Å². The van der Waals surface area contributed by atoms with Crippen molar-refractivity contribution in [2.24, 2.45) is 15.9 Å². The molecule has 94 valence electrons. The highest BCUT2D eigenvalue weighted by molar-refractivity contribution is 7.98. The Balaban J connectivity index is 4.48. The van der Waals surface area contributed by atoms with E-state index < -0.39 is 0 Å². The third-order valence-electron chi connectivity index (χ3n) is 2.53. The molecule has 0 spiro atoms. The van der Waals surface area contributed by atoms with Gasteiger partial charge in [0.05, 0.1) is 5.41 Å². The first kappa shape index (κ1) is 15.5. The Morgan fingerprint density at radius 1 is 1.25 bits per heavy atom. The van der Waals surface area contributed by atoms with Crippen molar-refractivity contribution in [3.8, 4) is 0 Å². The third-order valence-corrected chi connectivity index (χ3v) is 3.54. The number of rotatable bonds is 4. The number of hydrogen-bond donors (Lipinski definition) is 1. The Morgan fingerprint density at radius 2 is 1.75 bits per heavy atom. The maximum absolute atomic E-state index is 11.9. The van der Waals surface area contributed by atoms with Crippen molar-refractivity contribution >= 4 is 23.4 Å². The summed E-state index contributed by atoms with van der Waals surface area (Å²) in [6.45, 7) is 12.0. The highest BCUT2D eigenvalue weighted by Gasteiger charge is 2.27. The van der Waals surface area contributed by atoms with E-state index in [2.05, 4.69) is 31.3 Å². The van der Waals surface area contributed by atoms with Gasteiger partial charge in [0.1, 0.15) is 0 Å². The maximum atomic E-state index is 11.9. The van der Waals surface area contributed by atoms with E-state index in [1.807, 2.05) is 27.0 Å². The van der Waals surface area contributed by atoms with Crippen molar-refractivity contribution in [2.75, 3.05) is 12.0 Å².